The summed E-state index contributed by atoms with van der Waals surface area (Å²) in [5.41, 5.74) is 8.25. The van der Waals surface area contributed by atoms with Gasteiger partial charge in [-0.05, 0) is 35.9 Å². The van der Waals surface area contributed by atoms with Gasteiger partial charge in [0.05, 0.1) is 11.4 Å². The first kappa shape index (κ1) is 16.9. The van der Waals surface area contributed by atoms with Gasteiger partial charge in [-0.3, -0.25) is 0 Å². The summed E-state index contributed by atoms with van der Waals surface area (Å²) in [6.07, 6.45) is 0. The number of anilines is 2. The van der Waals surface area contributed by atoms with Gasteiger partial charge in [0.2, 0.25) is 0 Å². The number of nitrogen functional groups attached to an aromatic ring is 1. The van der Waals surface area contributed by atoms with Crippen molar-refractivity contribution >= 4 is 29.2 Å². The van der Waals surface area contributed by atoms with Crippen LogP contribution in [0, 0.1) is 0 Å². The van der Waals surface area contributed by atoms with E-state index >= 15 is 0 Å². The first-order valence-corrected chi connectivity index (χ1v) is 8.73. The lowest BCUT2D eigenvalue weighted by molar-refractivity contribution is 0.252. The van der Waals surface area contributed by atoms with Crippen LogP contribution in [0.3, 0.4) is 0 Å². The standard InChI is InChI=1S/C20H19N3OS/c21-18-13-17(25-16-9-5-2-6-10-16)11-12-19(18)23-20(24)22-14-15-7-3-1-4-8-15/h1-13H,14,21H2,(H2,22,23,24). The highest BCUT2D eigenvalue weighted by Crippen LogP contribution is 2.31. The molecule has 0 aliphatic carbocycles. The van der Waals surface area contributed by atoms with Crippen molar-refractivity contribution < 1.29 is 4.79 Å². The number of amides is 2. The number of rotatable bonds is 5. The maximum Gasteiger partial charge on any atom is 0.319 e. The van der Waals surface area contributed by atoms with Gasteiger partial charge in [-0.2, -0.15) is 0 Å². The maximum atomic E-state index is 12.0. The Balaban J connectivity index is 1.58. The van der Waals surface area contributed by atoms with Gasteiger partial charge in [0.25, 0.3) is 0 Å². The van der Waals surface area contributed by atoms with Gasteiger partial charge in [-0.25, -0.2) is 4.79 Å². The van der Waals surface area contributed by atoms with Gasteiger partial charge < -0.3 is 16.4 Å². The monoisotopic (exact) mass is 349 g/mol. The molecule has 0 saturated carbocycles. The molecule has 0 aromatic heterocycles. The summed E-state index contributed by atoms with van der Waals surface area (Å²) in [5, 5.41) is 5.61. The Morgan fingerprint density at radius 1 is 0.880 bits per heavy atom. The minimum Gasteiger partial charge on any atom is -0.397 e. The van der Waals surface area contributed by atoms with E-state index in [2.05, 4.69) is 10.6 Å². The Bertz CT molecular complexity index is 838. The van der Waals surface area contributed by atoms with Crippen LogP contribution in [0.1, 0.15) is 5.56 Å². The molecule has 126 valence electrons. The predicted octanol–water partition coefficient (Wildman–Crippen LogP) is 4.74. The van der Waals surface area contributed by atoms with Crippen LogP contribution < -0.4 is 16.4 Å². The van der Waals surface area contributed by atoms with Crippen LogP contribution >= 0.6 is 11.8 Å². The molecule has 0 saturated heterocycles. The van der Waals surface area contributed by atoms with Crippen LogP contribution in [-0.4, -0.2) is 6.03 Å². The molecule has 0 fully saturated rings. The summed E-state index contributed by atoms with van der Waals surface area (Å²) >= 11 is 1.63. The quantitative estimate of drug-likeness (QED) is 0.583. The molecular weight excluding hydrogens is 330 g/mol. The maximum absolute atomic E-state index is 12.0. The lowest BCUT2D eigenvalue weighted by atomic mass is 10.2. The molecule has 0 heterocycles. The van der Waals surface area contributed by atoms with Crippen molar-refractivity contribution in [1.29, 1.82) is 0 Å². The summed E-state index contributed by atoms with van der Waals surface area (Å²) in [7, 11) is 0. The molecule has 0 bridgehead atoms. The Morgan fingerprint density at radius 2 is 1.56 bits per heavy atom. The van der Waals surface area contributed by atoms with Crippen LogP contribution in [0.15, 0.2) is 88.7 Å². The molecule has 4 N–H and O–H groups in total. The molecule has 4 nitrogen and oxygen atoms in total. The molecule has 0 aliphatic heterocycles. The van der Waals surface area contributed by atoms with E-state index in [0.29, 0.717) is 17.9 Å². The average molecular weight is 349 g/mol. The summed E-state index contributed by atoms with van der Waals surface area (Å²) in [6, 6.07) is 25.2. The zero-order valence-corrected chi connectivity index (χ0v) is 14.4. The Morgan fingerprint density at radius 3 is 2.24 bits per heavy atom. The lowest BCUT2D eigenvalue weighted by Crippen LogP contribution is -2.28. The Labute approximate surface area is 151 Å². The van der Waals surface area contributed by atoms with Gasteiger partial charge in [-0.15, -0.1) is 0 Å². The van der Waals surface area contributed by atoms with E-state index in [9.17, 15) is 4.79 Å². The first-order valence-electron chi connectivity index (χ1n) is 7.92. The lowest BCUT2D eigenvalue weighted by Gasteiger charge is -2.11. The highest BCUT2D eigenvalue weighted by atomic mass is 32.2. The molecule has 0 radical (unpaired) electrons. The van der Waals surface area contributed by atoms with Crippen molar-refractivity contribution in [2.24, 2.45) is 0 Å². The fourth-order valence-corrected chi connectivity index (χ4v) is 3.17. The highest BCUT2D eigenvalue weighted by molar-refractivity contribution is 7.99. The average Bonchev–Trinajstić information content (AvgIpc) is 2.64. The largest absolute Gasteiger partial charge is 0.397 e. The molecule has 3 rings (SSSR count). The van der Waals surface area contributed by atoms with E-state index in [1.807, 2.05) is 78.9 Å². The second-order valence-corrected chi connectivity index (χ2v) is 6.60. The van der Waals surface area contributed by atoms with Crippen molar-refractivity contribution in [3.63, 3.8) is 0 Å². The summed E-state index contributed by atoms with van der Waals surface area (Å²) in [5.74, 6) is 0. The number of carbonyl (C=O) groups is 1. The molecule has 25 heavy (non-hydrogen) atoms. The molecule has 2 amide bonds. The van der Waals surface area contributed by atoms with Gasteiger partial charge in [0.1, 0.15) is 0 Å². The third-order valence-corrected chi connectivity index (χ3v) is 4.54. The van der Waals surface area contributed by atoms with E-state index in [1.54, 1.807) is 11.8 Å². The normalized spacial score (nSPS) is 10.2. The van der Waals surface area contributed by atoms with E-state index in [-0.39, 0.29) is 6.03 Å². The third kappa shape index (κ3) is 5.02. The molecule has 0 spiro atoms. The fourth-order valence-electron chi connectivity index (χ4n) is 2.29. The second-order valence-electron chi connectivity index (χ2n) is 5.46. The summed E-state index contributed by atoms with van der Waals surface area (Å²) in [6.45, 7) is 0.467. The molecule has 0 atom stereocenters. The minimum atomic E-state index is -0.279. The van der Waals surface area contributed by atoms with Gasteiger partial charge >= 0.3 is 6.03 Å². The molecule has 0 aliphatic rings. The highest BCUT2D eigenvalue weighted by Gasteiger charge is 2.06. The molecule has 3 aromatic rings. The first-order chi connectivity index (χ1) is 12.2. The van der Waals surface area contributed by atoms with E-state index in [0.717, 1.165) is 15.4 Å². The topological polar surface area (TPSA) is 67.1 Å². The van der Waals surface area contributed by atoms with Crippen molar-refractivity contribution in [2.45, 2.75) is 16.3 Å². The van der Waals surface area contributed by atoms with Crippen LogP contribution in [0.5, 0.6) is 0 Å². The molecular formula is C20H19N3OS. The van der Waals surface area contributed by atoms with E-state index < -0.39 is 0 Å². The van der Waals surface area contributed by atoms with Crippen LogP contribution in [0.2, 0.25) is 0 Å². The molecule has 5 heteroatoms. The predicted molar refractivity (Wildman–Crippen MR) is 104 cm³/mol. The zero-order chi connectivity index (χ0) is 17.5. The van der Waals surface area contributed by atoms with Crippen LogP contribution in [0.25, 0.3) is 0 Å². The smallest absolute Gasteiger partial charge is 0.319 e. The zero-order valence-electron chi connectivity index (χ0n) is 13.6. The van der Waals surface area contributed by atoms with Crippen molar-refractivity contribution in [3.8, 4) is 0 Å². The molecule has 3 aromatic carbocycles. The Hall–Kier alpha value is -2.92. The van der Waals surface area contributed by atoms with Crippen molar-refractivity contribution in [1.82, 2.24) is 5.32 Å². The summed E-state index contributed by atoms with van der Waals surface area (Å²) < 4.78 is 0. The van der Waals surface area contributed by atoms with Crippen LogP contribution in [0.4, 0.5) is 16.2 Å². The fraction of sp³-hybridized carbons (Fsp3) is 0.0500. The number of nitrogens with two attached hydrogens (primary N) is 1. The number of urea groups is 1. The summed E-state index contributed by atoms with van der Waals surface area (Å²) in [4.78, 5) is 14.2. The third-order valence-electron chi connectivity index (χ3n) is 3.55. The number of hydrogen-bond donors (Lipinski definition) is 3. The number of carbonyl (C=O) groups excluding carboxylic acids is 1. The van der Waals surface area contributed by atoms with Crippen molar-refractivity contribution in [3.05, 3.63) is 84.4 Å². The number of hydrogen-bond acceptors (Lipinski definition) is 3. The Kier molecular flexibility index (Phi) is 5.59. The van der Waals surface area contributed by atoms with Gasteiger partial charge in [-0.1, -0.05) is 60.3 Å². The van der Waals surface area contributed by atoms with Gasteiger partial charge in [0.15, 0.2) is 0 Å². The van der Waals surface area contributed by atoms with Crippen LogP contribution in [-0.2, 0) is 6.54 Å². The van der Waals surface area contributed by atoms with E-state index in [1.165, 1.54) is 0 Å². The second kappa shape index (κ2) is 8.26. The molecule has 0 unspecified atom stereocenters. The van der Waals surface area contributed by atoms with E-state index in [4.69, 9.17) is 5.73 Å². The number of nitrogens with one attached hydrogen (secondary N) is 2. The van der Waals surface area contributed by atoms with Crippen molar-refractivity contribution in [2.75, 3.05) is 11.1 Å². The van der Waals surface area contributed by atoms with Gasteiger partial charge in [0, 0.05) is 16.3 Å². The minimum absolute atomic E-state index is 0.279. The number of benzene rings is 3. The SMILES string of the molecule is Nc1cc(Sc2ccccc2)ccc1NC(=O)NCc1ccccc1.